The number of Topliss-reactive ketones (excluding diaryl/α,β-unsaturated/α-hetero) is 1. The third kappa shape index (κ3) is 2.20. The number of ketones is 1. The third-order valence-corrected chi connectivity index (χ3v) is 5.53. The summed E-state index contributed by atoms with van der Waals surface area (Å²) >= 11 is 0. The minimum Gasteiger partial charge on any atom is -0.497 e. The second-order valence-electron chi connectivity index (χ2n) is 5.08. The van der Waals surface area contributed by atoms with Gasteiger partial charge in [-0.15, -0.1) is 0 Å². The second kappa shape index (κ2) is 4.63. The molecule has 106 valence electrons. The normalized spacial score (nSPS) is 21.1. The van der Waals surface area contributed by atoms with E-state index in [0.717, 1.165) is 10.9 Å². The van der Waals surface area contributed by atoms with Crippen molar-refractivity contribution in [3.63, 3.8) is 0 Å². The van der Waals surface area contributed by atoms with Gasteiger partial charge in [-0.2, -0.15) is 0 Å². The summed E-state index contributed by atoms with van der Waals surface area (Å²) in [6, 6.07) is 5.45. The number of hydrogen-bond acceptors (Lipinski definition) is 4. The Hall–Kier alpha value is -1.82. The van der Waals surface area contributed by atoms with Crippen LogP contribution in [0, 0.1) is 5.92 Å². The van der Waals surface area contributed by atoms with E-state index in [1.165, 1.54) is 0 Å². The minimum atomic E-state index is -3.05. The lowest BCUT2D eigenvalue weighted by atomic mass is 9.97. The molecule has 0 spiro atoms. The van der Waals surface area contributed by atoms with E-state index in [4.69, 9.17) is 4.74 Å². The Morgan fingerprint density at radius 1 is 1.40 bits per heavy atom. The zero-order chi connectivity index (χ0) is 14.3. The molecule has 2 aromatic rings. The summed E-state index contributed by atoms with van der Waals surface area (Å²) in [5.74, 6) is 0.207. The summed E-state index contributed by atoms with van der Waals surface area (Å²) in [6.45, 7) is 0. The zero-order valence-electron chi connectivity index (χ0n) is 11.0. The lowest BCUT2D eigenvalue weighted by Crippen LogP contribution is -2.15. The molecule has 0 bridgehead atoms. The van der Waals surface area contributed by atoms with Gasteiger partial charge in [0.25, 0.3) is 0 Å². The number of fused-ring (bicyclic) bond motifs is 1. The number of carbonyl (C=O) groups is 1. The molecular weight excluding hydrogens is 278 g/mol. The van der Waals surface area contributed by atoms with Crippen LogP contribution in [0.4, 0.5) is 0 Å². The fourth-order valence-electron chi connectivity index (χ4n) is 2.65. The lowest BCUT2D eigenvalue weighted by Gasteiger charge is -2.06. The predicted molar refractivity (Wildman–Crippen MR) is 75.9 cm³/mol. The van der Waals surface area contributed by atoms with E-state index in [1.54, 1.807) is 19.4 Å². The van der Waals surface area contributed by atoms with Crippen molar-refractivity contribution in [3.8, 4) is 5.75 Å². The van der Waals surface area contributed by atoms with Crippen molar-refractivity contribution < 1.29 is 17.9 Å². The molecule has 1 aliphatic rings. The molecule has 20 heavy (non-hydrogen) atoms. The van der Waals surface area contributed by atoms with E-state index < -0.39 is 15.8 Å². The smallest absolute Gasteiger partial charge is 0.169 e. The van der Waals surface area contributed by atoms with E-state index in [2.05, 4.69) is 4.98 Å². The van der Waals surface area contributed by atoms with Crippen LogP contribution >= 0.6 is 0 Å². The van der Waals surface area contributed by atoms with Gasteiger partial charge >= 0.3 is 0 Å². The Morgan fingerprint density at radius 2 is 2.20 bits per heavy atom. The van der Waals surface area contributed by atoms with Gasteiger partial charge in [0.15, 0.2) is 15.6 Å². The molecule has 3 rings (SSSR count). The minimum absolute atomic E-state index is 0.0392. The number of methoxy groups -OCH3 is 1. The first-order valence-electron chi connectivity index (χ1n) is 6.40. The first kappa shape index (κ1) is 13.2. The number of aromatic nitrogens is 1. The molecule has 2 heterocycles. The molecular formula is C14H15NO4S. The van der Waals surface area contributed by atoms with Crippen LogP contribution in [-0.4, -0.2) is 37.8 Å². The molecule has 1 aromatic heterocycles. The molecule has 5 nitrogen and oxygen atoms in total. The Morgan fingerprint density at radius 3 is 2.85 bits per heavy atom. The van der Waals surface area contributed by atoms with Crippen molar-refractivity contribution in [1.82, 2.24) is 4.98 Å². The Balaban J connectivity index is 2.00. The van der Waals surface area contributed by atoms with E-state index in [0.29, 0.717) is 17.7 Å². The molecule has 1 aromatic carbocycles. The van der Waals surface area contributed by atoms with E-state index in [9.17, 15) is 13.2 Å². The standard InChI is InChI=1S/C14H15NO4S/c1-19-10-2-3-13-11(6-10)12(7-15-13)14(16)9-4-5-20(17,18)8-9/h2-3,6-7,9,15H,4-5,8H2,1H3. The number of benzene rings is 1. The summed E-state index contributed by atoms with van der Waals surface area (Å²) in [7, 11) is -1.49. The summed E-state index contributed by atoms with van der Waals surface area (Å²) < 4.78 is 28.2. The van der Waals surface area contributed by atoms with Crippen LogP contribution in [0.15, 0.2) is 24.4 Å². The average Bonchev–Trinajstić information content (AvgIpc) is 3.00. The van der Waals surface area contributed by atoms with E-state index >= 15 is 0 Å². The van der Waals surface area contributed by atoms with Gasteiger partial charge in [0.1, 0.15) is 5.75 Å². The molecule has 0 saturated carbocycles. The van der Waals surface area contributed by atoms with Crippen LogP contribution in [-0.2, 0) is 9.84 Å². The van der Waals surface area contributed by atoms with Crippen LogP contribution in [0.25, 0.3) is 10.9 Å². The Labute approximate surface area is 116 Å². The summed E-state index contributed by atoms with van der Waals surface area (Å²) in [6.07, 6.45) is 2.06. The highest BCUT2D eigenvalue weighted by atomic mass is 32.2. The first-order valence-corrected chi connectivity index (χ1v) is 8.22. The number of sulfone groups is 1. The predicted octanol–water partition coefficient (Wildman–Crippen LogP) is 1.79. The van der Waals surface area contributed by atoms with Crippen LogP contribution < -0.4 is 4.74 Å². The van der Waals surface area contributed by atoms with Crippen molar-refractivity contribution in [2.75, 3.05) is 18.6 Å². The zero-order valence-corrected chi connectivity index (χ0v) is 11.9. The molecule has 1 N–H and O–H groups in total. The van der Waals surface area contributed by atoms with Crippen LogP contribution in [0.3, 0.4) is 0 Å². The number of aromatic amines is 1. The summed E-state index contributed by atoms with van der Waals surface area (Å²) in [5, 5.41) is 0.777. The quantitative estimate of drug-likeness (QED) is 0.875. The van der Waals surface area contributed by atoms with Crippen LogP contribution in [0.5, 0.6) is 5.75 Å². The number of ether oxygens (including phenoxy) is 1. The largest absolute Gasteiger partial charge is 0.497 e. The maximum absolute atomic E-state index is 12.5. The van der Waals surface area contributed by atoms with Gasteiger partial charge in [0.05, 0.1) is 18.6 Å². The topological polar surface area (TPSA) is 76.2 Å². The molecule has 1 saturated heterocycles. The highest BCUT2D eigenvalue weighted by Crippen LogP contribution is 2.28. The average molecular weight is 293 g/mol. The van der Waals surface area contributed by atoms with Crippen molar-refractivity contribution >= 4 is 26.5 Å². The first-order chi connectivity index (χ1) is 9.50. The third-order valence-electron chi connectivity index (χ3n) is 3.76. The van der Waals surface area contributed by atoms with E-state index in [-0.39, 0.29) is 17.3 Å². The molecule has 1 aliphatic heterocycles. The fourth-order valence-corrected chi connectivity index (χ4v) is 4.39. The van der Waals surface area contributed by atoms with Crippen molar-refractivity contribution in [2.24, 2.45) is 5.92 Å². The number of carbonyl (C=O) groups excluding carboxylic acids is 1. The maximum atomic E-state index is 12.5. The van der Waals surface area contributed by atoms with Gasteiger partial charge in [-0.05, 0) is 24.6 Å². The second-order valence-corrected chi connectivity index (χ2v) is 7.31. The van der Waals surface area contributed by atoms with Crippen LogP contribution in [0.1, 0.15) is 16.8 Å². The van der Waals surface area contributed by atoms with Gasteiger partial charge in [0.2, 0.25) is 0 Å². The number of nitrogens with one attached hydrogen (secondary N) is 1. The fraction of sp³-hybridized carbons (Fsp3) is 0.357. The number of H-pyrrole nitrogens is 1. The van der Waals surface area contributed by atoms with Gasteiger partial charge in [-0.25, -0.2) is 8.42 Å². The summed E-state index contributed by atoms with van der Waals surface area (Å²) in [5.41, 5.74) is 1.39. The molecule has 1 unspecified atom stereocenters. The highest BCUT2D eigenvalue weighted by molar-refractivity contribution is 7.91. The maximum Gasteiger partial charge on any atom is 0.169 e. The highest BCUT2D eigenvalue weighted by Gasteiger charge is 2.34. The number of hydrogen-bond donors (Lipinski definition) is 1. The van der Waals surface area contributed by atoms with Crippen molar-refractivity contribution in [2.45, 2.75) is 6.42 Å². The SMILES string of the molecule is COc1ccc2[nH]cc(C(=O)C3CCS(=O)(=O)C3)c2c1. The van der Waals surface area contributed by atoms with E-state index in [1.807, 2.05) is 12.1 Å². The Kier molecular flexibility index (Phi) is 3.05. The molecule has 1 fully saturated rings. The lowest BCUT2D eigenvalue weighted by molar-refractivity contribution is 0.0935. The van der Waals surface area contributed by atoms with Crippen molar-refractivity contribution in [3.05, 3.63) is 30.0 Å². The van der Waals surface area contributed by atoms with Gasteiger partial charge in [-0.3, -0.25) is 4.79 Å². The number of rotatable bonds is 3. The summed E-state index contributed by atoms with van der Waals surface area (Å²) in [4.78, 5) is 15.5. The van der Waals surface area contributed by atoms with Gasteiger partial charge in [-0.1, -0.05) is 0 Å². The molecule has 0 aliphatic carbocycles. The monoisotopic (exact) mass is 293 g/mol. The van der Waals surface area contributed by atoms with Crippen molar-refractivity contribution in [1.29, 1.82) is 0 Å². The molecule has 1 atom stereocenters. The molecule has 6 heteroatoms. The van der Waals surface area contributed by atoms with Gasteiger partial charge < -0.3 is 9.72 Å². The van der Waals surface area contributed by atoms with Crippen LogP contribution in [0.2, 0.25) is 0 Å². The molecule has 0 radical (unpaired) electrons. The van der Waals surface area contributed by atoms with Gasteiger partial charge in [0, 0.05) is 28.6 Å². The Bertz CT molecular complexity index is 776. The molecule has 0 amide bonds.